The van der Waals surface area contributed by atoms with Crippen LogP contribution in [0.5, 0.6) is 0 Å². The number of nitrogens with zero attached hydrogens (tertiary/aromatic N) is 3. The first-order chi connectivity index (χ1) is 16.2. The Bertz CT molecular complexity index is 1180. The molecule has 0 saturated heterocycles. The van der Waals surface area contributed by atoms with Crippen LogP contribution in [0.4, 0.5) is 0 Å². The third-order valence-corrected chi connectivity index (χ3v) is 5.47. The largest absolute Gasteiger partial charge is 0.352 e. The molecule has 0 fully saturated rings. The van der Waals surface area contributed by atoms with Gasteiger partial charge in [-0.15, -0.1) is 0 Å². The molecule has 3 aromatic rings. The molecule has 7 heteroatoms. The van der Waals surface area contributed by atoms with E-state index >= 15 is 0 Å². The van der Waals surface area contributed by atoms with Crippen molar-refractivity contribution < 1.29 is 9.59 Å². The number of hydrogen-bond donors (Lipinski definition) is 1. The van der Waals surface area contributed by atoms with Gasteiger partial charge in [-0.05, 0) is 30.5 Å². The quantitative estimate of drug-likeness (QED) is 0.530. The predicted octanol–water partition coefficient (Wildman–Crippen LogP) is 3.45. The Kier molecular flexibility index (Phi) is 8.35. The van der Waals surface area contributed by atoms with Crippen LogP contribution in [0, 0.1) is 12.8 Å². The van der Waals surface area contributed by atoms with E-state index in [1.165, 1.54) is 11.1 Å². The maximum Gasteiger partial charge on any atom is 0.259 e. The van der Waals surface area contributed by atoms with Crippen LogP contribution in [-0.4, -0.2) is 39.9 Å². The lowest BCUT2D eigenvalue weighted by molar-refractivity contribution is 0.0777. The number of carbonyl (C=O) groups excluding carboxylic acids is 2. The highest BCUT2D eigenvalue weighted by molar-refractivity contribution is 5.99. The highest BCUT2D eigenvalue weighted by atomic mass is 16.2. The maximum absolute atomic E-state index is 13.2. The maximum atomic E-state index is 13.2. The Balaban J connectivity index is 1.88. The van der Waals surface area contributed by atoms with E-state index in [9.17, 15) is 14.4 Å². The molecule has 34 heavy (non-hydrogen) atoms. The molecule has 0 unspecified atom stereocenters. The summed E-state index contributed by atoms with van der Waals surface area (Å²) in [6, 6.07) is 13.5. The fraction of sp³-hybridized carbons (Fsp3) is 0.333. The molecule has 0 spiro atoms. The predicted molar refractivity (Wildman–Crippen MR) is 133 cm³/mol. The van der Waals surface area contributed by atoms with Crippen LogP contribution in [0.1, 0.15) is 51.4 Å². The van der Waals surface area contributed by atoms with Gasteiger partial charge in [0, 0.05) is 57.4 Å². The lowest BCUT2D eigenvalue weighted by Gasteiger charge is -2.20. The first kappa shape index (κ1) is 24.9. The summed E-state index contributed by atoms with van der Waals surface area (Å²) >= 11 is 0. The Morgan fingerprint density at radius 1 is 1.06 bits per heavy atom. The minimum Gasteiger partial charge on any atom is -0.352 e. The van der Waals surface area contributed by atoms with Crippen molar-refractivity contribution in [1.29, 1.82) is 0 Å². The van der Waals surface area contributed by atoms with Crippen LogP contribution in [-0.2, 0) is 19.5 Å². The van der Waals surface area contributed by atoms with E-state index in [0.717, 1.165) is 16.8 Å². The van der Waals surface area contributed by atoms with Crippen LogP contribution >= 0.6 is 0 Å². The topological polar surface area (TPSA) is 84.3 Å². The molecule has 0 aliphatic rings. The number of hydrogen-bond acceptors (Lipinski definition) is 4. The second-order valence-corrected chi connectivity index (χ2v) is 8.97. The molecule has 2 heterocycles. The number of aryl methyl sites for hydroxylation is 3. The highest BCUT2D eigenvalue weighted by Crippen LogP contribution is 2.08. The van der Waals surface area contributed by atoms with Crippen LogP contribution in [0.2, 0.25) is 0 Å². The second kappa shape index (κ2) is 11.4. The summed E-state index contributed by atoms with van der Waals surface area (Å²) in [6.45, 7) is 7.28. The van der Waals surface area contributed by atoms with Crippen LogP contribution in [0.15, 0.2) is 65.8 Å². The zero-order chi connectivity index (χ0) is 24.7. The molecule has 3 rings (SSSR count). The van der Waals surface area contributed by atoms with Gasteiger partial charge in [0.2, 0.25) is 5.43 Å². The van der Waals surface area contributed by atoms with Crippen molar-refractivity contribution in [3.63, 3.8) is 0 Å². The lowest BCUT2D eigenvalue weighted by atomic mass is 10.1. The lowest BCUT2D eigenvalue weighted by Crippen LogP contribution is -2.37. The summed E-state index contributed by atoms with van der Waals surface area (Å²) in [5, 5.41) is 2.81. The molecular formula is C27H32N4O3. The minimum atomic E-state index is -0.559. The first-order valence-electron chi connectivity index (χ1n) is 11.5. The van der Waals surface area contributed by atoms with Gasteiger partial charge >= 0.3 is 0 Å². The first-order valence-corrected chi connectivity index (χ1v) is 11.5. The molecule has 0 atom stereocenters. The molecule has 2 aromatic heterocycles. The molecule has 0 radical (unpaired) electrons. The Hall–Kier alpha value is -3.74. The zero-order valence-corrected chi connectivity index (χ0v) is 20.2. The van der Waals surface area contributed by atoms with Gasteiger partial charge in [0.15, 0.2) is 0 Å². The molecule has 1 aromatic carbocycles. The molecular weight excluding hydrogens is 428 g/mol. The number of carbonyl (C=O) groups is 2. The van der Waals surface area contributed by atoms with Gasteiger partial charge in [0.1, 0.15) is 11.1 Å². The van der Waals surface area contributed by atoms with Crippen molar-refractivity contribution >= 4 is 11.8 Å². The monoisotopic (exact) mass is 460 g/mol. The number of amides is 2. The van der Waals surface area contributed by atoms with Crippen molar-refractivity contribution in [2.75, 3.05) is 13.6 Å². The van der Waals surface area contributed by atoms with Gasteiger partial charge in [0.05, 0.1) is 0 Å². The number of pyridine rings is 2. The number of benzene rings is 1. The Morgan fingerprint density at radius 2 is 1.76 bits per heavy atom. The van der Waals surface area contributed by atoms with E-state index in [0.29, 0.717) is 19.5 Å². The Morgan fingerprint density at radius 3 is 2.41 bits per heavy atom. The van der Waals surface area contributed by atoms with E-state index in [4.69, 9.17) is 0 Å². The van der Waals surface area contributed by atoms with Crippen molar-refractivity contribution in [3.05, 3.63) is 99.2 Å². The fourth-order valence-electron chi connectivity index (χ4n) is 3.68. The van der Waals surface area contributed by atoms with Crippen LogP contribution < -0.4 is 10.7 Å². The standard InChI is InChI=1S/C27H32N4O3/c1-19(2)16-30(4)27(34)24-18-31(14-12-22-7-5-6-13-28-22)17-23(25(24)32)26(33)29-15-21-10-8-20(3)9-11-21/h5-11,13,17-19H,12,14-16H2,1-4H3,(H,29,33). The van der Waals surface area contributed by atoms with E-state index in [-0.39, 0.29) is 23.6 Å². The number of nitrogens with one attached hydrogen (secondary N) is 1. The van der Waals surface area contributed by atoms with E-state index in [1.807, 2.05) is 63.2 Å². The third kappa shape index (κ3) is 6.63. The molecule has 0 saturated carbocycles. The molecule has 178 valence electrons. The van der Waals surface area contributed by atoms with Crippen LogP contribution in [0.3, 0.4) is 0 Å². The fourth-order valence-corrected chi connectivity index (χ4v) is 3.68. The third-order valence-electron chi connectivity index (χ3n) is 5.47. The Labute approximate surface area is 200 Å². The molecule has 2 amide bonds. The molecule has 1 N–H and O–H groups in total. The second-order valence-electron chi connectivity index (χ2n) is 8.97. The summed E-state index contributed by atoms with van der Waals surface area (Å²) in [5.41, 5.74) is 2.33. The molecule has 0 bridgehead atoms. The van der Waals surface area contributed by atoms with Crippen LogP contribution in [0.25, 0.3) is 0 Å². The average molecular weight is 461 g/mol. The van der Waals surface area contributed by atoms with Crippen molar-refractivity contribution in [3.8, 4) is 0 Å². The summed E-state index contributed by atoms with van der Waals surface area (Å²) in [5.74, 6) is -0.641. The SMILES string of the molecule is Cc1ccc(CNC(=O)c2cn(CCc3ccccn3)cc(C(=O)N(C)CC(C)C)c2=O)cc1. The summed E-state index contributed by atoms with van der Waals surface area (Å²) < 4.78 is 1.73. The van der Waals surface area contributed by atoms with Gasteiger partial charge in [-0.2, -0.15) is 0 Å². The van der Waals surface area contributed by atoms with Gasteiger partial charge in [-0.1, -0.05) is 49.7 Å². The number of aromatic nitrogens is 2. The highest BCUT2D eigenvalue weighted by Gasteiger charge is 2.22. The van der Waals surface area contributed by atoms with E-state index < -0.39 is 17.2 Å². The molecule has 0 aliphatic heterocycles. The molecule has 7 nitrogen and oxygen atoms in total. The van der Waals surface area contributed by atoms with E-state index in [2.05, 4.69) is 10.3 Å². The molecule has 0 aliphatic carbocycles. The van der Waals surface area contributed by atoms with Gasteiger partial charge in [0.25, 0.3) is 11.8 Å². The number of rotatable bonds is 9. The average Bonchev–Trinajstić information content (AvgIpc) is 2.82. The zero-order valence-electron chi connectivity index (χ0n) is 20.2. The smallest absolute Gasteiger partial charge is 0.259 e. The van der Waals surface area contributed by atoms with E-state index in [1.54, 1.807) is 24.0 Å². The van der Waals surface area contributed by atoms with Gasteiger partial charge in [-0.25, -0.2) is 0 Å². The van der Waals surface area contributed by atoms with Crippen molar-refractivity contribution in [1.82, 2.24) is 19.8 Å². The summed E-state index contributed by atoms with van der Waals surface area (Å²) in [7, 11) is 1.67. The minimum absolute atomic E-state index is 0.00726. The summed E-state index contributed by atoms with van der Waals surface area (Å²) in [4.78, 5) is 45.1. The normalized spacial score (nSPS) is 10.9. The summed E-state index contributed by atoms with van der Waals surface area (Å²) in [6.07, 6.45) is 5.39. The van der Waals surface area contributed by atoms with Gasteiger partial charge in [-0.3, -0.25) is 19.4 Å². The van der Waals surface area contributed by atoms with Gasteiger partial charge < -0.3 is 14.8 Å². The van der Waals surface area contributed by atoms with Crippen molar-refractivity contribution in [2.45, 2.75) is 40.3 Å². The van der Waals surface area contributed by atoms with Crippen molar-refractivity contribution in [2.24, 2.45) is 5.92 Å².